The summed E-state index contributed by atoms with van der Waals surface area (Å²) >= 11 is 0. The third-order valence-corrected chi connectivity index (χ3v) is 4.08. The number of aliphatic hydroxyl groups is 1. The molecule has 1 fully saturated rings. The van der Waals surface area contributed by atoms with E-state index in [1.165, 1.54) is 0 Å². The van der Waals surface area contributed by atoms with Crippen LogP contribution in [0.1, 0.15) is 25.7 Å². The SMILES string of the molecule is Nc1ccc2nc(N3CCCCCC3CO)[nH]c(=O)c2c1. The first kappa shape index (κ1) is 13.9. The summed E-state index contributed by atoms with van der Waals surface area (Å²) in [5.74, 6) is 0.540. The van der Waals surface area contributed by atoms with E-state index in [2.05, 4.69) is 9.97 Å². The fraction of sp³-hybridized carbons (Fsp3) is 0.467. The summed E-state index contributed by atoms with van der Waals surface area (Å²) in [6, 6.07) is 5.15. The number of aromatic amines is 1. The molecule has 4 N–H and O–H groups in total. The summed E-state index contributed by atoms with van der Waals surface area (Å²) in [6.07, 6.45) is 4.19. The van der Waals surface area contributed by atoms with Crippen molar-refractivity contribution in [2.24, 2.45) is 0 Å². The number of hydrogen-bond acceptors (Lipinski definition) is 5. The van der Waals surface area contributed by atoms with Crippen molar-refractivity contribution in [1.82, 2.24) is 9.97 Å². The molecule has 6 heteroatoms. The van der Waals surface area contributed by atoms with Gasteiger partial charge < -0.3 is 15.7 Å². The van der Waals surface area contributed by atoms with Crippen molar-refractivity contribution in [2.45, 2.75) is 31.7 Å². The van der Waals surface area contributed by atoms with Gasteiger partial charge in [-0.05, 0) is 31.0 Å². The van der Waals surface area contributed by atoms with Crippen LogP contribution in [0.25, 0.3) is 10.9 Å². The van der Waals surface area contributed by atoms with Crippen molar-refractivity contribution in [2.75, 3.05) is 23.8 Å². The molecule has 1 aromatic carbocycles. The lowest BCUT2D eigenvalue weighted by molar-refractivity contribution is 0.254. The Labute approximate surface area is 122 Å². The molecule has 21 heavy (non-hydrogen) atoms. The van der Waals surface area contributed by atoms with Crippen molar-refractivity contribution in [3.8, 4) is 0 Å². The summed E-state index contributed by atoms with van der Waals surface area (Å²) in [6.45, 7) is 0.873. The van der Waals surface area contributed by atoms with Crippen LogP contribution in [0.4, 0.5) is 11.6 Å². The Morgan fingerprint density at radius 2 is 2.24 bits per heavy atom. The third kappa shape index (κ3) is 2.71. The van der Waals surface area contributed by atoms with Crippen LogP contribution in [-0.4, -0.2) is 34.3 Å². The molecule has 0 aliphatic carbocycles. The standard InChI is InChI=1S/C15H20N4O2/c16-10-5-6-13-12(8-10)14(21)18-15(17-13)19-7-3-1-2-4-11(19)9-20/h5-6,8,11,20H,1-4,7,9,16H2,(H,17,18,21). The first-order valence-corrected chi connectivity index (χ1v) is 7.36. The number of benzene rings is 1. The summed E-state index contributed by atoms with van der Waals surface area (Å²) in [5.41, 5.74) is 6.70. The molecular weight excluding hydrogens is 268 g/mol. The van der Waals surface area contributed by atoms with Crippen molar-refractivity contribution >= 4 is 22.5 Å². The molecular formula is C15H20N4O2. The second-order valence-corrected chi connectivity index (χ2v) is 5.55. The number of nitrogen functional groups attached to an aromatic ring is 1. The van der Waals surface area contributed by atoms with Gasteiger partial charge >= 0.3 is 0 Å². The Kier molecular flexibility index (Phi) is 3.79. The molecule has 0 amide bonds. The van der Waals surface area contributed by atoms with E-state index in [0.29, 0.717) is 22.5 Å². The molecule has 1 aliphatic heterocycles. The molecule has 3 rings (SSSR count). The minimum absolute atomic E-state index is 0.0156. The van der Waals surface area contributed by atoms with Crippen LogP contribution >= 0.6 is 0 Å². The third-order valence-electron chi connectivity index (χ3n) is 4.08. The van der Waals surface area contributed by atoms with Gasteiger partial charge in [0.2, 0.25) is 5.95 Å². The molecule has 112 valence electrons. The Bertz CT molecular complexity index is 698. The van der Waals surface area contributed by atoms with Gasteiger partial charge in [-0.15, -0.1) is 0 Å². The number of nitrogens with one attached hydrogen (secondary N) is 1. The van der Waals surface area contributed by atoms with E-state index in [-0.39, 0.29) is 18.2 Å². The van der Waals surface area contributed by atoms with Gasteiger partial charge in [-0.25, -0.2) is 4.98 Å². The number of H-pyrrole nitrogens is 1. The van der Waals surface area contributed by atoms with E-state index in [1.807, 2.05) is 4.90 Å². The zero-order chi connectivity index (χ0) is 14.8. The minimum atomic E-state index is -0.191. The number of aromatic nitrogens is 2. The lowest BCUT2D eigenvalue weighted by Gasteiger charge is -2.29. The van der Waals surface area contributed by atoms with Crippen LogP contribution in [-0.2, 0) is 0 Å². The van der Waals surface area contributed by atoms with E-state index in [4.69, 9.17) is 5.73 Å². The van der Waals surface area contributed by atoms with Crippen LogP contribution in [0.5, 0.6) is 0 Å². The van der Waals surface area contributed by atoms with Gasteiger partial charge in [-0.3, -0.25) is 9.78 Å². The highest BCUT2D eigenvalue weighted by molar-refractivity contribution is 5.81. The molecule has 0 spiro atoms. The maximum Gasteiger partial charge on any atom is 0.260 e. The lowest BCUT2D eigenvalue weighted by Crippen LogP contribution is -2.39. The van der Waals surface area contributed by atoms with E-state index in [1.54, 1.807) is 18.2 Å². The van der Waals surface area contributed by atoms with Crippen molar-refractivity contribution < 1.29 is 5.11 Å². The number of anilines is 2. The molecule has 2 aromatic rings. The van der Waals surface area contributed by atoms with Gasteiger partial charge in [0.05, 0.1) is 23.6 Å². The largest absolute Gasteiger partial charge is 0.399 e. The monoisotopic (exact) mass is 288 g/mol. The van der Waals surface area contributed by atoms with Gasteiger partial charge in [-0.2, -0.15) is 0 Å². The number of nitrogens with zero attached hydrogens (tertiary/aromatic N) is 2. The molecule has 0 saturated carbocycles. The Morgan fingerprint density at radius 3 is 3.05 bits per heavy atom. The first-order chi connectivity index (χ1) is 10.2. The molecule has 1 aliphatic rings. The van der Waals surface area contributed by atoms with Crippen molar-refractivity contribution in [1.29, 1.82) is 0 Å². The minimum Gasteiger partial charge on any atom is -0.399 e. The Morgan fingerprint density at radius 1 is 1.38 bits per heavy atom. The first-order valence-electron chi connectivity index (χ1n) is 7.36. The van der Waals surface area contributed by atoms with E-state index in [0.717, 1.165) is 32.2 Å². The Balaban J connectivity index is 2.07. The average molecular weight is 288 g/mol. The fourth-order valence-corrected chi connectivity index (χ4v) is 2.93. The highest BCUT2D eigenvalue weighted by Gasteiger charge is 2.22. The number of hydrogen-bond donors (Lipinski definition) is 3. The van der Waals surface area contributed by atoms with Gasteiger partial charge in [0, 0.05) is 12.2 Å². The van der Waals surface area contributed by atoms with Gasteiger partial charge in [0.25, 0.3) is 5.56 Å². The van der Waals surface area contributed by atoms with Crippen LogP contribution in [0.2, 0.25) is 0 Å². The average Bonchev–Trinajstić information content (AvgIpc) is 2.73. The summed E-state index contributed by atoms with van der Waals surface area (Å²) in [7, 11) is 0. The van der Waals surface area contributed by atoms with Crippen LogP contribution in [0.15, 0.2) is 23.0 Å². The predicted molar refractivity (Wildman–Crippen MR) is 83.5 cm³/mol. The highest BCUT2D eigenvalue weighted by Crippen LogP contribution is 2.22. The molecule has 2 heterocycles. The Hall–Kier alpha value is -2.08. The van der Waals surface area contributed by atoms with Gasteiger partial charge in [0.1, 0.15) is 0 Å². The normalized spacial score (nSPS) is 19.7. The zero-order valence-electron chi connectivity index (χ0n) is 11.9. The summed E-state index contributed by atoms with van der Waals surface area (Å²) in [4.78, 5) is 21.6. The predicted octanol–water partition coefficient (Wildman–Crippen LogP) is 1.25. The van der Waals surface area contributed by atoms with Crippen LogP contribution < -0.4 is 16.2 Å². The molecule has 1 unspecified atom stereocenters. The zero-order valence-corrected chi connectivity index (χ0v) is 11.9. The number of nitrogens with two attached hydrogens (primary N) is 1. The maximum absolute atomic E-state index is 12.2. The van der Waals surface area contributed by atoms with Crippen molar-refractivity contribution in [3.05, 3.63) is 28.6 Å². The maximum atomic E-state index is 12.2. The second-order valence-electron chi connectivity index (χ2n) is 5.55. The fourth-order valence-electron chi connectivity index (χ4n) is 2.93. The van der Waals surface area contributed by atoms with E-state index >= 15 is 0 Å². The quantitative estimate of drug-likeness (QED) is 0.723. The highest BCUT2D eigenvalue weighted by atomic mass is 16.3. The number of aliphatic hydroxyl groups excluding tert-OH is 1. The van der Waals surface area contributed by atoms with E-state index < -0.39 is 0 Å². The molecule has 1 aromatic heterocycles. The van der Waals surface area contributed by atoms with Crippen molar-refractivity contribution in [3.63, 3.8) is 0 Å². The molecule has 0 radical (unpaired) electrons. The molecule has 6 nitrogen and oxygen atoms in total. The van der Waals surface area contributed by atoms with Crippen LogP contribution in [0.3, 0.4) is 0 Å². The van der Waals surface area contributed by atoms with Gasteiger partial charge in [-0.1, -0.05) is 12.8 Å². The molecule has 1 saturated heterocycles. The summed E-state index contributed by atoms with van der Waals surface area (Å²) < 4.78 is 0. The number of fused-ring (bicyclic) bond motifs is 1. The smallest absolute Gasteiger partial charge is 0.260 e. The molecule has 0 bridgehead atoms. The van der Waals surface area contributed by atoms with Gasteiger partial charge in [0.15, 0.2) is 0 Å². The number of rotatable bonds is 2. The summed E-state index contributed by atoms with van der Waals surface area (Å²) in [5, 5.41) is 10.1. The topological polar surface area (TPSA) is 95.2 Å². The van der Waals surface area contributed by atoms with Crippen LogP contribution in [0, 0.1) is 0 Å². The van der Waals surface area contributed by atoms with E-state index in [9.17, 15) is 9.90 Å². The second kappa shape index (κ2) is 5.73. The molecule has 1 atom stereocenters. The lowest BCUT2D eigenvalue weighted by atomic mass is 10.1.